The molecule has 0 saturated heterocycles. The molecule has 0 aliphatic heterocycles. The number of nitrogens with one attached hydrogen (secondary N) is 2. The average molecular weight is 372 g/mol. The van der Waals surface area contributed by atoms with Gasteiger partial charge in [-0.2, -0.15) is 5.26 Å². The molecule has 0 saturated carbocycles. The van der Waals surface area contributed by atoms with Crippen molar-refractivity contribution in [3.8, 4) is 11.8 Å². The molecule has 116 valence electrons. The largest absolute Gasteiger partial charge is 0.495 e. The van der Waals surface area contributed by atoms with Crippen LogP contribution >= 0.6 is 15.9 Å². The van der Waals surface area contributed by atoms with Gasteiger partial charge in [0.05, 0.1) is 12.8 Å². The topological polar surface area (TPSA) is 74.1 Å². The fourth-order valence-electron chi connectivity index (χ4n) is 1.79. The number of rotatable bonds is 5. The predicted molar refractivity (Wildman–Crippen MR) is 93.1 cm³/mol. The smallest absolute Gasteiger partial charge is 0.267 e. The van der Waals surface area contributed by atoms with Crippen LogP contribution < -0.4 is 15.4 Å². The minimum absolute atomic E-state index is 0.0428. The second kappa shape index (κ2) is 8.01. The fourth-order valence-corrected chi connectivity index (χ4v) is 2.06. The van der Waals surface area contributed by atoms with E-state index in [1.807, 2.05) is 18.2 Å². The van der Waals surface area contributed by atoms with Crippen molar-refractivity contribution in [3.63, 3.8) is 0 Å². The Kier molecular flexibility index (Phi) is 5.78. The number of ether oxygens (including phenoxy) is 1. The van der Waals surface area contributed by atoms with E-state index in [-0.39, 0.29) is 5.57 Å². The van der Waals surface area contributed by atoms with E-state index in [2.05, 4.69) is 26.6 Å². The second-order valence-corrected chi connectivity index (χ2v) is 5.39. The van der Waals surface area contributed by atoms with Crippen LogP contribution in [0.2, 0.25) is 0 Å². The summed E-state index contributed by atoms with van der Waals surface area (Å²) in [6.45, 7) is 0. The van der Waals surface area contributed by atoms with E-state index in [1.54, 1.807) is 43.5 Å². The van der Waals surface area contributed by atoms with Crippen LogP contribution in [0.25, 0.3) is 0 Å². The number of halogens is 1. The van der Waals surface area contributed by atoms with E-state index in [4.69, 9.17) is 10.00 Å². The Bertz CT molecular complexity index is 764. The van der Waals surface area contributed by atoms with Crippen molar-refractivity contribution in [2.75, 3.05) is 17.7 Å². The van der Waals surface area contributed by atoms with Crippen molar-refractivity contribution in [2.45, 2.75) is 0 Å². The molecule has 0 radical (unpaired) electrons. The van der Waals surface area contributed by atoms with Gasteiger partial charge in [-0.1, -0.05) is 28.1 Å². The van der Waals surface area contributed by atoms with Crippen LogP contribution in [0.3, 0.4) is 0 Å². The standard InChI is InChI=1S/C17H14BrN3O2/c1-23-16-5-3-2-4-15(16)20-11-12(10-19)17(22)21-14-8-6-13(18)7-9-14/h2-9,11,20H,1H3,(H,21,22)/b12-11-. The summed E-state index contributed by atoms with van der Waals surface area (Å²) in [5, 5.41) is 14.7. The number of methoxy groups -OCH3 is 1. The van der Waals surface area contributed by atoms with Gasteiger partial charge < -0.3 is 15.4 Å². The van der Waals surface area contributed by atoms with Crippen molar-refractivity contribution in [1.82, 2.24) is 0 Å². The van der Waals surface area contributed by atoms with Gasteiger partial charge in [-0.3, -0.25) is 4.79 Å². The maximum absolute atomic E-state index is 12.1. The van der Waals surface area contributed by atoms with Crippen molar-refractivity contribution in [2.24, 2.45) is 0 Å². The molecule has 0 bridgehead atoms. The highest BCUT2D eigenvalue weighted by molar-refractivity contribution is 9.10. The van der Waals surface area contributed by atoms with E-state index < -0.39 is 5.91 Å². The van der Waals surface area contributed by atoms with E-state index in [9.17, 15) is 4.79 Å². The summed E-state index contributed by atoms with van der Waals surface area (Å²) >= 11 is 3.32. The molecule has 2 aromatic carbocycles. The molecule has 2 aromatic rings. The van der Waals surface area contributed by atoms with Gasteiger partial charge in [0.2, 0.25) is 0 Å². The molecule has 2 N–H and O–H groups in total. The normalized spacial score (nSPS) is 10.6. The Hall–Kier alpha value is -2.78. The summed E-state index contributed by atoms with van der Waals surface area (Å²) in [7, 11) is 1.55. The van der Waals surface area contributed by atoms with Crippen molar-refractivity contribution < 1.29 is 9.53 Å². The first-order chi connectivity index (χ1) is 11.1. The monoisotopic (exact) mass is 371 g/mol. The fraction of sp³-hybridized carbons (Fsp3) is 0.0588. The molecule has 5 nitrogen and oxygen atoms in total. The van der Waals surface area contributed by atoms with Crippen molar-refractivity contribution in [3.05, 3.63) is 64.8 Å². The maximum atomic E-state index is 12.1. The van der Waals surface area contributed by atoms with Gasteiger partial charge in [-0.15, -0.1) is 0 Å². The third-order valence-corrected chi connectivity index (χ3v) is 3.47. The van der Waals surface area contributed by atoms with Gasteiger partial charge >= 0.3 is 0 Å². The van der Waals surface area contributed by atoms with Crippen LogP contribution in [-0.2, 0) is 4.79 Å². The number of carbonyl (C=O) groups is 1. The number of anilines is 2. The van der Waals surface area contributed by atoms with Gasteiger partial charge in [0.25, 0.3) is 5.91 Å². The quantitative estimate of drug-likeness (QED) is 0.616. The SMILES string of the molecule is COc1ccccc1N/C=C(/C#N)C(=O)Nc1ccc(Br)cc1. The van der Waals surface area contributed by atoms with E-state index in [0.717, 1.165) is 4.47 Å². The molecule has 0 fully saturated rings. The lowest BCUT2D eigenvalue weighted by atomic mass is 10.2. The summed E-state index contributed by atoms with van der Waals surface area (Å²) in [6.07, 6.45) is 1.35. The Morgan fingerprint density at radius 3 is 2.57 bits per heavy atom. The van der Waals surface area contributed by atoms with Crippen molar-refractivity contribution >= 4 is 33.2 Å². The summed E-state index contributed by atoms with van der Waals surface area (Å²) in [4.78, 5) is 12.1. The highest BCUT2D eigenvalue weighted by atomic mass is 79.9. The van der Waals surface area contributed by atoms with Crippen LogP contribution in [-0.4, -0.2) is 13.0 Å². The number of amides is 1. The molecule has 0 spiro atoms. The number of hydrogen-bond acceptors (Lipinski definition) is 4. The summed E-state index contributed by atoms with van der Waals surface area (Å²) in [5.41, 5.74) is 1.23. The van der Waals surface area contributed by atoms with Gasteiger partial charge in [0.1, 0.15) is 17.4 Å². The summed E-state index contributed by atoms with van der Waals surface area (Å²) in [6, 6.07) is 16.2. The molecule has 0 atom stereocenters. The van der Waals surface area contributed by atoms with Crippen LogP contribution in [0, 0.1) is 11.3 Å². The highest BCUT2D eigenvalue weighted by Gasteiger charge is 2.09. The van der Waals surface area contributed by atoms with Crippen LogP contribution in [0.15, 0.2) is 64.8 Å². The van der Waals surface area contributed by atoms with E-state index in [1.165, 1.54) is 6.20 Å². The lowest BCUT2D eigenvalue weighted by Crippen LogP contribution is -2.14. The molecule has 0 aromatic heterocycles. The number of benzene rings is 2. The Morgan fingerprint density at radius 1 is 1.22 bits per heavy atom. The number of nitriles is 1. The molecule has 1 amide bonds. The minimum Gasteiger partial charge on any atom is -0.495 e. The second-order valence-electron chi connectivity index (χ2n) is 4.48. The molecular formula is C17H14BrN3O2. The van der Waals surface area contributed by atoms with Crippen LogP contribution in [0.1, 0.15) is 0 Å². The lowest BCUT2D eigenvalue weighted by molar-refractivity contribution is -0.112. The predicted octanol–water partition coefficient (Wildman–Crippen LogP) is 3.92. The van der Waals surface area contributed by atoms with E-state index >= 15 is 0 Å². The minimum atomic E-state index is -0.489. The third kappa shape index (κ3) is 4.59. The zero-order valence-electron chi connectivity index (χ0n) is 12.3. The maximum Gasteiger partial charge on any atom is 0.267 e. The van der Waals surface area contributed by atoms with Crippen molar-refractivity contribution in [1.29, 1.82) is 5.26 Å². The molecule has 0 aliphatic carbocycles. The zero-order valence-corrected chi connectivity index (χ0v) is 13.9. The Balaban J connectivity index is 2.10. The first-order valence-electron chi connectivity index (χ1n) is 6.71. The Labute approximate surface area is 142 Å². The zero-order chi connectivity index (χ0) is 16.7. The molecular weight excluding hydrogens is 358 g/mol. The van der Waals surface area contributed by atoms with Gasteiger partial charge in [0.15, 0.2) is 0 Å². The van der Waals surface area contributed by atoms with Gasteiger partial charge in [-0.25, -0.2) is 0 Å². The molecule has 6 heteroatoms. The number of carbonyl (C=O) groups excluding carboxylic acids is 1. The van der Waals surface area contributed by atoms with Crippen LogP contribution in [0.5, 0.6) is 5.75 Å². The average Bonchev–Trinajstić information content (AvgIpc) is 2.58. The molecule has 0 aliphatic rings. The lowest BCUT2D eigenvalue weighted by Gasteiger charge is -2.08. The molecule has 2 rings (SSSR count). The summed E-state index contributed by atoms with van der Waals surface area (Å²) in [5.74, 6) is 0.131. The Morgan fingerprint density at radius 2 is 1.91 bits per heavy atom. The first kappa shape index (κ1) is 16.6. The molecule has 0 unspecified atom stereocenters. The molecule has 23 heavy (non-hydrogen) atoms. The van der Waals surface area contributed by atoms with Crippen LogP contribution in [0.4, 0.5) is 11.4 Å². The number of para-hydroxylation sites is 2. The summed E-state index contributed by atoms with van der Waals surface area (Å²) < 4.78 is 6.11. The number of nitrogens with zero attached hydrogens (tertiary/aromatic N) is 1. The van der Waals surface area contributed by atoms with Gasteiger partial charge in [-0.05, 0) is 36.4 Å². The van der Waals surface area contributed by atoms with Gasteiger partial charge in [0, 0.05) is 16.4 Å². The molecule has 0 heterocycles. The van der Waals surface area contributed by atoms with E-state index in [0.29, 0.717) is 17.1 Å². The number of hydrogen-bond donors (Lipinski definition) is 2. The third-order valence-electron chi connectivity index (χ3n) is 2.95. The highest BCUT2D eigenvalue weighted by Crippen LogP contribution is 2.23. The first-order valence-corrected chi connectivity index (χ1v) is 7.50.